The first kappa shape index (κ1) is 10.7. The molecular formula is C9H13ClN2S. The molecule has 0 radical (unpaired) electrons. The summed E-state index contributed by atoms with van der Waals surface area (Å²) in [6.07, 6.45) is 0. The number of anilines is 1. The zero-order chi connectivity index (χ0) is 9.84. The third-order valence-corrected chi connectivity index (χ3v) is 2.86. The van der Waals surface area contributed by atoms with Gasteiger partial charge in [0.1, 0.15) is 0 Å². The Kier molecular flexibility index (Phi) is 3.90. The molecule has 0 atom stereocenters. The predicted octanol–water partition coefficient (Wildman–Crippen LogP) is 3.13. The van der Waals surface area contributed by atoms with Gasteiger partial charge in [0.2, 0.25) is 0 Å². The first-order valence-electron chi connectivity index (χ1n) is 4.07. The summed E-state index contributed by atoms with van der Waals surface area (Å²) in [7, 11) is 0. The lowest BCUT2D eigenvalue weighted by Gasteiger charge is -2.11. The highest BCUT2D eigenvalue weighted by molar-refractivity contribution is 8.00. The molecule has 2 nitrogen and oxygen atoms in total. The van der Waals surface area contributed by atoms with Crippen molar-refractivity contribution in [1.29, 1.82) is 0 Å². The molecular weight excluding hydrogens is 204 g/mol. The van der Waals surface area contributed by atoms with E-state index in [1.807, 2.05) is 18.2 Å². The van der Waals surface area contributed by atoms with Crippen LogP contribution in [0.1, 0.15) is 13.8 Å². The van der Waals surface area contributed by atoms with Crippen LogP contribution in [0, 0.1) is 0 Å². The standard InChI is InChI=1S/C9H13ClN2S/c1-6(2)13-8-5-3-4-7(10)9(8)12-11/h3-6,12H,11H2,1-2H3. The lowest BCUT2D eigenvalue weighted by Crippen LogP contribution is -2.08. The SMILES string of the molecule is CC(C)Sc1cccc(Cl)c1NN. The molecule has 72 valence electrons. The van der Waals surface area contributed by atoms with Crippen molar-refractivity contribution in [1.82, 2.24) is 0 Å². The normalized spacial score (nSPS) is 10.5. The van der Waals surface area contributed by atoms with E-state index in [2.05, 4.69) is 19.3 Å². The van der Waals surface area contributed by atoms with Crippen LogP contribution in [0.4, 0.5) is 5.69 Å². The summed E-state index contributed by atoms with van der Waals surface area (Å²) in [5.41, 5.74) is 3.42. The van der Waals surface area contributed by atoms with Crippen LogP contribution in [0.25, 0.3) is 0 Å². The van der Waals surface area contributed by atoms with Gasteiger partial charge in [0.05, 0.1) is 10.7 Å². The molecule has 3 N–H and O–H groups in total. The van der Waals surface area contributed by atoms with E-state index in [0.29, 0.717) is 10.3 Å². The molecule has 0 heterocycles. The average molecular weight is 217 g/mol. The largest absolute Gasteiger partial charge is 0.322 e. The third-order valence-electron chi connectivity index (χ3n) is 1.48. The Morgan fingerprint density at radius 1 is 1.46 bits per heavy atom. The topological polar surface area (TPSA) is 38.0 Å². The van der Waals surface area contributed by atoms with Gasteiger partial charge in [-0.2, -0.15) is 0 Å². The summed E-state index contributed by atoms with van der Waals surface area (Å²) in [5.74, 6) is 5.38. The van der Waals surface area contributed by atoms with Crippen LogP contribution in [0.15, 0.2) is 23.1 Å². The van der Waals surface area contributed by atoms with Crippen LogP contribution >= 0.6 is 23.4 Å². The van der Waals surface area contributed by atoms with Crippen LogP contribution in [-0.4, -0.2) is 5.25 Å². The summed E-state index contributed by atoms with van der Waals surface area (Å²) in [5, 5.41) is 1.18. The summed E-state index contributed by atoms with van der Waals surface area (Å²) >= 11 is 7.69. The van der Waals surface area contributed by atoms with E-state index >= 15 is 0 Å². The minimum absolute atomic E-state index is 0.519. The Hall–Kier alpha value is -0.380. The molecule has 0 saturated carbocycles. The minimum atomic E-state index is 0.519. The molecule has 0 aliphatic carbocycles. The highest BCUT2D eigenvalue weighted by Gasteiger charge is 2.07. The van der Waals surface area contributed by atoms with Crippen molar-refractivity contribution in [2.24, 2.45) is 5.84 Å². The van der Waals surface area contributed by atoms with Gasteiger partial charge in [-0.25, -0.2) is 0 Å². The van der Waals surface area contributed by atoms with Gasteiger partial charge in [-0.05, 0) is 12.1 Å². The number of para-hydroxylation sites is 1. The Balaban J connectivity index is 2.98. The maximum absolute atomic E-state index is 5.96. The molecule has 0 fully saturated rings. The number of nitrogens with two attached hydrogens (primary N) is 1. The van der Waals surface area contributed by atoms with E-state index < -0.39 is 0 Å². The number of benzene rings is 1. The zero-order valence-corrected chi connectivity index (χ0v) is 9.25. The van der Waals surface area contributed by atoms with E-state index in [1.54, 1.807) is 11.8 Å². The smallest absolute Gasteiger partial charge is 0.0809 e. The number of nitrogen functional groups attached to an aromatic ring is 1. The first-order chi connectivity index (χ1) is 6.15. The number of rotatable bonds is 3. The minimum Gasteiger partial charge on any atom is -0.322 e. The van der Waals surface area contributed by atoms with Crippen molar-refractivity contribution >= 4 is 29.1 Å². The second-order valence-electron chi connectivity index (χ2n) is 2.92. The molecule has 13 heavy (non-hydrogen) atoms. The molecule has 0 saturated heterocycles. The van der Waals surface area contributed by atoms with Crippen molar-refractivity contribution in [3.8, 4) is 0 Å². The van der Waals surface area contributed by atoms with Gasteiger partial charge < -0.3 is 5.43 Å². The van der Waals surface area contributed by atoms with Gasteiger partial charge in [0.15, 0.2) is 0 Å². The lowest BCUT2D eigenvalue weighted by molar-refractivity contribution is 1.11. The van der Waals surface area contributed by atoms with Gasteiger partial charge >= 0.3 is 0 Å². The highest BCUT2D eigenvalue weighted by Crippen LogP contribution is 2.34. The summed E-state index contributed by atoms with van der Waals surface area (Å²) in [6.45, 7) is 4.26. The quantitative estimate of drug-likeness (QED) is 0.463. The van der Waals surface area contributed by atoms with E-state index in [9.17, 15) is 0 Å². The Bertz CT molecular complexity index is 289. The second kappa shape index (κ2) is 4.74. The number of hydrogen-bond donors (Lipinski definition) is 2. The molecule has 1 rings (SSSR count). The van der Waals surface area contributed by atoms with Crippen molar-refractivity contribution in [2.45, 2.75) is 24.0 Å². The lowest BCUT2D eigenvalue weighted by atomic mass is 10.3. The molecule has 0 amide bonds. The molecule has 4 heteroatoms. The number of halogens is 1. The Morgan fingerprint density at radius 3 is 2.69 bits per heavy atom. The molecule has 0 bridgehead atoms. The third kappa shape index (κ3) is 2.79. The van der Waals surface area contributed by atoms with Crippen molar-refractivity contribution in [3.63, 3.8) is 0 Å². The maximum atomic E-state index is 5.96. The fourth-order valence-corrected chi connectivity index (χ4v) is 2.23. The predicted molar refractivity (Wildman–Crippen MR) is 60.3 cm³/mol. The number of thioether (sulfide) groups is 1. The van der Waals surface area contributed by atoms with Crippen LogP contribution in [0.2, 0.25) is 5.02 Å². The van der Waals surface area contributed by atoms with Gasteiger partial charge in [-0.3, -0.25) is 5.84 Å². The molecule has 1 aromatic rings. The molecule has 0 aliphatic rings. The Morgan fingerprint density at radius 2 is 2.15 bits per heavy atom. The number of hydrazine groups is 1. The summed E-state index contributed by atoms with van der Waals surface area (Å²) in [6, 6.07) is 5.75. The van der Waals surface area contributed by atoms with Crippen LogP contribution < -0.4 is 11.3 Å². The number of nitrogens with one attached hydrogen (secondary N) is 1. The highest BCUT2D eigenvalue weighted by atomic mass is 35.5. The van der Waals surface area contributed by atoms with E-state index in [4.69, 9.17) is 17.4 Å². The van der Waals surface area contributed by atoms with E-state index in [1.165, 1.54) is 0 Å². The van der Waals surface area contributed by atoms with Crippen LogP contribution in [0.5, 0.6) is 0 Å². The molecule has 0 unspecified atom stereocenters. The molecule has 0 aliphatic heterocycles. The van der Waals surface area contributed by atoms with Crippen molar-refractivity contribution in [3.05, 3.63) is 23.2 Å². The van der Waals surface area contributed by atoms with Crippen molar-refractivity contribution < 1.29 is 0 Å². The molecule has 0 aromatic heterocycles. The fraction of sp³-hybridized carbons (Fsp3) is 0.333. The number of hydrogen-bond acceptors (Lipinski definition) is 3. The molecule has 0 spiro atoms. The Labute approximate surface area is 87.8 Å². The monoisotopic (exact) mass is 216 g/mol. The van der Waals surface area contributed by atoms with Gasteiger partial charge in [0, 0.05) is 10.1 Å². The van der Waals surface area contributed by atoms with Gasteiger partial charge in [-0.1, -0.05) is 31.5 Å². The average Bonchev–Trinajstić information content (AvgIpc) is 2.03. The van der Waals surface area contributed by atoms with E-state index in [0.717, 1.165) is 10.6 Å². The second-order valence-corrected chi connectivity index (χ2v) is 4.95. The molecule has 1 aromatic carbocycles. The first-order valence-corrected chi connectivity index (χ1v) is 5.32. The summed E-state index contributed by atoms with van der Waals surface area (Å²) in [4.78, 5) is 1.09. The zero-order valence-electron chi connectivity index (χ0n) is 7.67. The van der Waals surface area contributed by atoms with Gasteiger partial charge in [0.25, 0.3) is 0 Å². The maximum Gasteiger partial charge on any atom is 0.0809 e. The van der Waals surface area contributed by atoms with Crippen molar-refractivity contribution in [2.75, 3.05) is 5.43 Å². The van der Waals surface area contributed by atoms with Crippen LogP contribution in [-0.2, 0) is 0 Å². The van der Waals surface area contributed by atoms with E-state index in [-0.39, 0.29) is 0 Å². The van der Waals surface area contributed by atoms with Crippen LogP contribution in [0.3, 0.4) is 0 Å². The fourth-order valence-electron chi connectivity index (χ4n) is 0.997. The van der Waals surface area contributed by atoms with Gasteiger partial charge in [-0.15, -0.1) is 11.8 Å². The summed E-state index contributed by atoms with van der Waals surface area (Å²) < 4.78 is 0.